The summed E-state index contributed by atoms with van der Waals surface area (Å²) in [7, 11) is 0. The van der Waals surface area contributed by atoms with Gasteiger partial charge in [0.05, 0.1) is 0 Å². The number of carbonyl (C=O) groups excluding carboxylic acids is 1. The van der Waals surface area contributed by atoms with E-state index in [1.807, 2.05) is 12.1 Å². The fraction of sp³-hybridized carbons (Fsp3) is 0.647. The van der Waals surface area contributed by atoms with Crippen molar-refractivity contribution in [3.05, 3.63) is 30.1 Å². The molecule has 3 saturated heterocycles. The standard InChI is InChI=1S/C17H23N3O2/c21-17-11-16-15(20(17)12-13-1-6-18-7-2-13)3-8-19(16)14-4-9-22-10-5-14/h1-2,6-7,14-16H,3-5,8-12H2/t15-,16+/m0/s1. The van der Waals surface area contributed by atoms with Crippen molar-refractivity contribution in [2.24, 2.45) is 0 Å². The molecule has 4 heterocycles. The second kappa shape index (κ2) is 5.97. The molecule has 0 N–H and O–H groups in total. The largest absolute Gasteiger partial charge is 0.381 e. The molecule has 0 aliphatic carbocycles. The smallest absolute Gasteiger partial charge is 0.224 e. The first-order valence-electron chi connectivity index (χ1n) is 8.35. The Labute approximate surface area is 131 Å². The Hall–Kier alpha value is -1.46. The lowest BCUT2D eigenvalue weighted by atomic mass is 10.0. The summed E-state index contributed by atoms with van der Waals surface area (Å²) in [6.07, 6.45) is 7.63. The Morgan fingerprint density at radius 3 is 2.68 bits per heavy atom. The minimum Gasteiger partial charge on any atom is -0.381 e. The molecule has 0 saturated carbocycles. The predicted octanol–water partition coefficient (Wildman–Crippen LogP) is 1.44. The first-order valence-corrected chi connectivity index (χ1v) is 8.35. The maximum absolute atomic E-state index is 12.5. The first kappa shape index (κ1) is 14.2. The number of amides is 1. The highest BCUT2D eigenvalue weighted by Crippen LogP contribution is 2.36. The quantitative estimate of drug-likeness (QED) is 0.847. The van der Waals surface area contributed by atoms with Gasteiger partial charge in [0.15, 0.2) is 0 Å². The SMILES string of the molecule is O=C1C[C@@H]2[C@H](CCN2C2CCOCC2)N1Cc1ccncc1. The van der Waals surface area contributed by atoms with Gasteiger partial charge < -0.3 is 9.64 Å². The Morgan fingerprint density at radius 1 is 1.14 bits per heavy atom. The zero-order valence-corrected chi connectivity index (χ0v) is 12.9. The summed E-state index contributed by atoms with van der Waals surface area (Å²) in [5.74, 6) is 0.309. The molecule has 3 aliphatic heterocycles. The lowest BCUT2D eigenvalue weighted by molar-refractivity contribution is -0.129. The van der Waals surface area contributed by atoms with Gasteiger partial charge in [0.2, 0.25) is 5.91 Å². The lowest BCUT2D eigenvalue weighted by Crippen LogP contribution is -2.44. The van der Waals surface area contributed by atoms with Crippen molar-refractivity contribution in [1.82, 2.24) is 14.8 Å². The normalized spacial score (nSPS) is 30.0. The molecule has 5 heteroatoms. The van der Waals surface area contributed by atoms with Crippen LogP contribution in [0.3, 0.4) is 0 Å². The summed E-state index contributed by atoms with van der Waals surface area (Å²) in [4.78, 5) is 21.2. The van der Waals surface area contributed by atoms with Gasteiger partial charge in [-0.25, -0.2) is 0 Å². The number of hydrogen-bond donors (Lipinski definition) is 0. The van der Waals surface area contributed by atoms with Gasteiger partial charge >= 0.3 is 0 Å². The van der Waals surface area contributed by atoms with Gasteiger partial charge in [-0.15, -0.1) is 0 Å². The molecule has 0 radical (unpaired) electrons. The number of nitrogens with zero attached hydrogens (tertiary/aromatic N) is 3. The molecule has 0 unspecified atom stereocenters. The van der Waals surface area contributed by atoms with E-state index in [0.717, 1.165) is 45.6 Å². The maximum atomic E-state index is 12.5. The van der Waals surface area contributed by atoms with Gasteiger partial charge in [-0.05, 0) is 37.0 Å². The third kappa shape index (κ3) is 2.52. The molecular weight excluding hydrogens is 278 g/mol. The molecular formula is C17H23N3O2. The number of pyridine rings is 1. The fourth-order valence-corrected chi connectivity index (χ4v) is 4.32. The summed E-state index contributed by atoms with van der Waals surface area (Å²) in [5, 5.41) is 0. The van der Waals surface area contributed by atoms with Crippen molar-refractivity contribution in [3.8, 4) is 0 Å². The fourth-order valence-electron chi connectivity index (χ4n) is 4.32. The molecule has 0 aromatic carbocycles. The number of carbonyl (C=O) groups is 1. The Kier molecular flexibility index (Phi) is 3.84. The Bertz CT molecular complexity index is 530. The number of aromatic nitrogens is 1. The highest BCUT2D eigenvalue weighted by molar-refractivity contribution is 5.80. The van der Waals surface area contributed by atoms with E-state index < -0.39 is 0 Å². The Balaban J connectivity index is 1.47. The van der Waals surface area contributed by atoms with Gasteiger partial charge in [0, 0.05) is 63.2 Å². The van der Waals surface area contributed by atoms with Crippen molar-refractivity contribution >= 4 is 5.91 Å². The van der Waals surface area contributed by atoms with Gasteiger partial charge in [-0.1, -0.05) is 0 Å². The lowest BCUT2D eigenvalue weighted by Gasteiger charge is -2.34. The van der Waals surface area contributed by atoms with E-state index in [4.69, 9.17) is 4.74 Å². The molecule has 5 nitrogen and oxygen atoms in total. The number of ether oxygens (including phenoxy) is 1. The molecule has 22 heavy (non-hydrogen) atoms. The second-order valence-electron chi connectivity index (χ2n) is 6.59. The van der Waals surface area contributed by atoms with Crippen LogP contribution in [-0.4, -0.2) is 58.6 Å². The van der Waals surface area contributed by atoms with Crippen LogP contribution in [0.4, 0.5) is 0 Å². The second-order valence-corrected chi connectivity index (χ2v) is 6.59. The van der Waals surface area contributed by atoms with Crippen LogP contribution in [0.2, 0.25) is 0 Å². The highest BCUT2D eigenvalue weighted by atomic mass is 16.5. The zero-order valence-electron chi connectivity index (χ0n) is 12.9. The number of likely N-dealkylation sites (tertiary alicyclic amines) is 2. The molecule has 1 aromatic heterocycles. The molecule has 1 amide bonds. The topological polar surface area (TPSA) is 45.7 Å². The molecule has 3 aliphatic rings. The van der Waals surface area contributed by atoms with Crippen LogP contribution < -0.4 is 0 Å². The molecule has 1 aromatic rings. The average Bonchev–Trinajstić information content (AvgIpc) is 3.09. The van der Waals surface area contributed by atoms with Crippen LogP contribution in [0.1, 0.15) is 31.2 Å². The molecule has 0 bridgehead atoms. The summed E-state index contributed by atoms with van der Waals surface area (Å²) in [6, 6.07) is 5.43. The summed E-state index contributed by atoms with van der Waals surface area (Å²) >= 11 is 0. The maximum Gasteiger partial charge on any atom is 0.224 e. The molecule has 3 fully saturated rings. The van der Waals surface area contributed by atoms with E-state index in [9.17, 15) is 4.79 Å². The van der Waals surface area contributed by atoms with Crippen LogP contribution >= 0.6 is 0 Å². The average molecular weight is 301 g/mol. The summed E-state index contributed by atoms with van der Waals surface area (Å²) < 4.78 is 5.48. The van der Waals surface area contributed by atoms with E-state index in [0.29, 0.717) is 30.5 Å². The predicted molar refractivity (Wildman–Crippen MR) is 82.1 cm³/mol. The van der Waals surface area contributed by atoms with Gasteiger partial charge in [-0.2, -0.15) is 0 Å². The van der Waals surface area contributed by atoms with E-state index in [2.05, 4.69) is 14.8 Å². The third-order valence-electron chi connectivity index (χ3n) is 5.42. The van der Waals surface area contributed by atoms with E-state index in [1.165, 1.54) is 5.56 Å². The van der Waals surface area contributed by atoms with Crippen molar-refractivity contribution in [2.45, 2.75) is 50.4 Å². The summed E-state index contributed by atoms with van der Waals surface area (Å²) in [5.41, 5.74) is 1.17. The van der Waals surface area contributed by atoms with Crippen molar-refractivity contribution in [2.75, 3.05) is 19.8 Å². The Morgan fingerprint density at radius 2 is 1.91 bits per heavy atom. The number of hydrogen-bond acceptors (Lipinski definition) is 4. The van der Waals surface area contributed by atoms with Crippen LogP contribution in [-0.2, 0) is 16.1 Å². The minimum absolute atomic E-state index is 0.309. The van der Waals surface area contributed by atoms with Crippen LogP contribution in [0.25, 0.3) is 0 Å². The van der Waals surface area contributed by atoms with Crippen LogP contribution in [0.5, 0.6) is 0 Å². The number of fused-ring (bicyclic) bond motifs is 1. The summed E-state index contributed by atoms with van der Waals surface area (Å²) in [6.45, 7) is 3.59. The highest BCUT2D eigenvalue weighted by Gasteiger charge is 2.48. The van der Waals surface area contributed by atoms with E-state index in [-0.39, 0.29) is 0 Å². The van der Waals surface area contributed by atoms with Gasteiger partial charge in [0.25, 0.3) is 0 Å². The van der Waals surface area contributed by atoms with Gasteiger partial charge in [-0.3, -0.25) is 14.7 Å². The van der Waals surface area contributed by atoms with Crippen molar-refractivity contribution < 1.29 is 9.53 Å². The van der Waals surface area contributed by atoms with Crippen molar-refractivity contribution in [1.29, 1.82) is 0 Å². The van der Waals surface area contributed by atoms with E-state index in [1.54, 1.807) is 12.4 Å². The first-order chi connectivity index (χ1) is 10.8. The monoisotopic (exact) mass is 301 g/mol. The number of rotatable bonds is 3. The molecule has 4 rings (SSSR count). The molecule has 2 atom stereocenters. The third-order valence-corrected chi connectivity index (χ3v) is 5.42. The van der Waals surface area contributed by atoms with Crippen LogP contribution in [0.15, 0.2) is 24.5 Å². The zero-order chi connectivity index (χ0) is 14.9. The van der Waals surface area contributed by atoms with Crippen LogP contribution in [0, 0.1) is 0 Å². The minimum atomic E-state index is 0.309. The molecule has 0 spiro atoms. The van der Waals surface area contributed by atoms with Crippen molar-refractivity contribution in [3.63, 3.8) is 0 Å². The van der Waals surface area contributed by atoms with E-state index >= 15 is 0 Å². The molecule has 118 valence electrons. The van der Waals surface area contributed by atoms with Gasteiger partial charge in [0.1, 0.15) is 0 Å².